The minimum atomic E-state index is 0.719. The summed E-state index contributed by atoms with van der Waals surface area (Å²) < 4.78 is 0. The van der Waals surface area contributed by atoms with Crippen LogP contribution in [0, 0.1) is 0 Å². The number of nitrogens with one attached hydrogen (secondary N) is 1. The normalized spacial score (nSPS) is 20.2. The molecule has 1 N–H and O–H groups in total. The summed E-state index contributed by atoms with van der Waals surface area (Å²) in [6, 6.07) is 16.2. The predicted octanol–water partition coefficient (Wildman–Crippen LogP) is 3.41. The number of hydrogen-bond donors (Lipinski definition) is 1. The van der Waals surface area contributed by atoms with Crippen LogP contribution in [0.4, 0.5) is 0 Å². The van der Waals surface area contributed by atoms with Gasteiger partial charge in [0.1, 0.15) is 0 Å². The first kappa shape index (κ1) is 13.6. The van der Waals surface area contributed by atoms with Crippen LogP contribution in [0.2, 0.25) is 0 Å². The number of benzene rings is 2. The first-order valence-corrected chi connectivity index (χ1v) is 7.71. The van der Waals surface area contributed by atoms with Gasteiger partial charge < -0.3 is 5.32 Å². The zero-order valence-electron chi connectivity index (χ0n) is 12.3. The lowest BCUT2D eigenvalue weighted by Crippen LogP contribution is -2.31. The number of rotatable bonds is 3. The molecule has 2 nitrogen and oxygen atoms in total. The van der Waals surface area contributed by atoms with Crippen molar-refractivity contribution in [1.29, 1.82) is 0 Å². The molecular weight excluding hydrogens is 244 g/mol. The molecule has 0 bridgehead atoms. The number of nitrogens with zero attached hydrogens (tertiary/aromatic N) is 1. The zero-order chi connectivity index (χ0) is 13.8. The van der Waals surface area contributed by atoms with Gasteiger partial charge >= 0.3 is 0 Å². The van der Waals surface area contributed by atoms with Gasteiger partial charge in [0.15, 0.2) is 0 Å². The molecule has 2 aromatic carbocycles. The van der Waals surface area contributed by atoms with Crippen LogP contribution < -0.4 is 5.32 Å². The summed E-state index contributed by atoms with van der Waals surface area (Å²) in [6.45, 7) is 3.39. The van der Waals surface area contributed by atoms with Gasteiger partial charge in [0.2, 0.25) is 0 Å². The maximum Gasteiger partial charge on any atom is 0.0233 e. The Kier molecular flexibility index (Phi) is 4.34. The van der Waals surface area contributed by atoms with Gasteiger partial charge in [0, 0.05) is 12.6 Å². The van der Waals surface area contributed by atoms with Crippen molar-refractivity contribution in [3.63, 3.8) is 0 Å². The average Bonchev–Trinajstić information content (AvgIpc) is 2.76. The van der Waals surface area contributed by atoms with E-state index >= 15 is 0 Å². The van der Waals surface area contributed by atoms with Crippen LogP contribution in [0.15, 0.2) is 42.5 Å². The fourth-order valence-electron chi connectivity index (χ4n) is 3.20. The second-order valence-electron chi connectivity index (χ2n) is 5.93. The molecule has 2 aromatic rings. The summed E-state index contributed by atoms with van der Waals surface area (Å²) in [4.78, 5) is 2.52. The highest BCUT2D eigenvalue weighted by Gasteiger charge is 2.16. The predicted molar refractivity (Wildman–Crippen MR) is 85.9 cm³/mol. The molecule has 1 aliphatic heterocycles. The minimum absolute atomic E-state index is 0.719. The number of fused-ring (bicyclic) bond motifs is 1. The smallest absolute Gasteiger partial charge is 0.0233 e. The maximum atomic E-state index is 3.49. The third-order valence-corrected chi connectivity index (χ3v) is 4.41. The van der Waals surface area contributed by atoms with Crippen molar-refractivity contribution in [2.24, 2.45) is 0 Å². The van der Waals surface area contributed by atoms with E-state index in [1.54, 1.807) is 0 Å². The summed E-state index contributed by atoms with van der Waals surface area (Å²) in [6.07, 6.45) is 3.88. The summed E-state index contributed by atoms with van der Waals surface area (Å²) in [5.41, 5.74) is 1.42. The maximum absolute atomic E-state index is 3.49. The van der Waals surface area contributed by atoms with Crippen molar-refractivity contribution in [2.45, 2.75) is 31.8 Å². The summed E-state index contributed by atoms with van der Waals surface area (Å²) >= 11 is 0. The van der Waals surface area contributed by atoms with Gasteiger partial charge in [0.25, 0.3) is 0 Å². The van der Waals surface area contributed by atoms with Crippen molar-refractivity contribution in [3.05, 3.63) is 48.0 Å². The topological polar surface area (TPSA) is 15.3 Å². The molecule has 1 heterocycles. The lowest BCUT2D eigenvalue weighted by Gasteiger charge is -2.27. The molecule has 0 aliphatic carbocycles. The second-order valence-corrected chi connectivity index (χ2v) is 5.93. The minimum Gasteiger partial charge on any atom is -0.317 e. The van der Waals surface area contributed by atoms with Gasteiger partial charge in [-0.15, -0.1) is 0 Å². The summed E-state index contributed by atoms with van der Waals surface area (Å²) in [5, 5.41) is 6.17. The Morgan fingerprint density at radius 2 is 1.90 bits per heavy atom. The molecule has 1 saturated heterocycles. The van der Waals surface area contributed by atoms with Crippen molar-refractivity contribution in [3.8, 4) is 0 Å². The molecule has 3 rings (SSSR count). The molecule has 106 valence electrons. The van der Waals surface area contributed by atoms with Crippen LogP contribution in [0.1, 0.15) is 24.8 Å². The van der Waals surface area contributed by atoms with Crippen LogP contribution in [0.3, 0.4) is 0 Å². The molecule has 2 heteroatoms. The van der Waals surface area contributed by atoms with E-state index in [9.17, 15) is 0 Å². The van der Waals surface area contributed by atoms with Crippen LogP contribution in [-0.4, -0.2) is 31.1 Å². The Bertz CT molecular complexity index is 556. The lowest BCUT2D eigenvalue weighted by molar-refractivity contribution is 0.216. The zero-order valence-corrected chi connectivity index (χ0v) is 12.3. The third kappa shape index (κ3) is 3.20. The van der Waals surface area contributed by atoms with Crippen molar-refractivity contribution >= 4 is 10.8 Å². The first-order valence-electron chi connectivity index (χ1n) is 7.71. The molecular formula is C18H24N2. The molecule has 0 aromatic heterocycles. The monoisotopic (exact) mass is 268 g/mol. The van der Waals surface area contributed by atoms with Gasteiger partial charge in [-0.3, -0.25) is 4.90 Å². The number of hydrogen-bond acceptors (Lipinski definition) is 2. The average molecular weight is 268 g/mol. The Labute approximate surface area is 121 Å². The molecule has 0 saturated carbocycles. The largest absolute Gasteiger partial charge is 0.317 e. The van der Waals surface area contributed by atoms with Gasteiger partial charge in [-0.25, -0.2) is 0 Å². The molecule has 0 radical (unpaired) electrons. The highest BCUT2D eigenvalue weighted by atomic mass is 15.1. The summed E-state index contributed by atoms with van der Waals surface area (Å²) in [7, 11) is 2.27. The van der Waals surface area contributed by atoms with Crippen LogP contribution in [0.5, 0.6) is 0 Å². The van der Waals surface area contributed by atoms with Crippen molar-refractivity contribution in [2.75, 3.05) is 20.1 Å². The highest BCUT2D eigenvalue weighted by Crippen LogP contribution is 2.19. The molecule has 20 heavy (non-hydrogen) atoms. The molecule has 1 atom stereocenters. The molecule has 0 spiro atoms. The fourth-order valence-corrected chi connectivity index (χ4v) is 3.20. The quantitative estimate of drug-likeness (QED) is 0.917. The van der Waals surface area contributed by atoms with Crippen LogP contribution in [0.25, 0.3) is 10.8 Å². The highest BCUT2D eigenvalue weighted by molar-refractivity contribution is 5.82. The Morgan fingerprint density at radius 1 is 1.05 bits per heavy atom. The second kappa shape index (κ2) is 6.38. The van der Waals surface area contributed by atoms with Crippen LogP contribution in [-0.2, 0) is 6.54 Å². The van der Waals surface area contributed by atoms with E-state index in [1.165, 1.54) is 42.1 Å². The molecule has 1 fully saturated rings. The summed E-state index contributed by atoms with van der Waals surface area (Å²) in [5.74, 6) is 0. The van der Waals surface area contributed by atoms with Crippen molar-refractivity contribution in [1.82, 2.24) is 10.2 Å². The fraction of sp³-hybridized carbons (Fsp3) is 0.444. The van der Waals surface area contributed by atoms with E-state index in [2.05, 4.69) is 59.7 Å². The Hall–Kier alpha value is -1.38. The van der Waals surface area contributed by atoms with E-state index in [-0.39, 0.29) is 0 Å². The van der Waals surface area contributed by atoms with Crippen molar-refractivity contribution < 1.29 is 0 Å². The van der Waals surface area contributed by atoms with E-state index in [0.717, 1.165) is 19.1 Å². The first-order chi connectivity index (χ1) is 9.83. The van der Waals surface area contributed by atoms with Crippen LogP contribution >= 0.6 is 0 Å². The lowest BCUT2D eigenvalue weighted by atomic mass is 10.0. The standard InChI is InChI=1S/C18H24N2/c1-20(18-7-4-11-19-12-10-18)14-15-8-9-16-5-2-3-6-17(16)13-15/h2-3,5-6,8-9,13,18-19H,4,7,10-12,14H2,1H3. The van der Waals surface area contributed by atoms with Gasteiger partial charge in [-0.05, 0) is 61.8 Å². The molecule has 1 unspecified atom stereocenters. The Balaban J connectivity index is 1.71. The van der Waals surface area contributed by atoms with E-state index in [4.69, 9.17) is 0 Å². The van der Waals surface area contributed by atoms with E-state index in [0.29, 0.717) is 0 Å². The van der Waals surface area contributed by atoms with E-state index < -0.39 is 0 Å². The molecule has 1 aliphatic rings. The van der Waals surface area contributed by atoms with Gasteiger partial charge in [-0.1, -0.05) is 36.4 Å². The Morgan fingerprint density at radius 3 is 2.80 bits per heavy atom. The molecule has 0 amide bonds. The van der Waals surface area contributed by atoms with Gasteiger partial charge in [0.05, 0.1) is 0 Å². The van der Waals surface area contributed by atoms with E-state index in [1.807, 2.05) is 0 Å². The third-order valence-electron chi connectivity index (χ3n) is 4.41. The van der Waals surface area contributed by atoms with Gasteiger partial charge in [-0.2, -0.15) is 0 Å². The SMILES string of the molecule is CN(Cc1ccc2ccccc2c1)C1CCCNCC1.